The number of nitrogens with one attached hydrogen (secondary N) is 1. The number of aryl methyl sites for hydroxylation is 1. The highest BCUT2D eigenvalue weighted by atomic mass is 15.2. The van der Waals surface area contributed by atoms with Gasteiger partial charge in [-0.25, -0.2) is 4.98 Å². The molecule has 1 N–H and O–H groups in total. The Morgan fingerprint density at radius 1 is 1.44 bits per heavy atom. The lowest BCUT2D eigenvalue weighted by Crippen LogP contribution is -2.20. The first-order valence-electron chi connectivity index (χ1n) is 6.44. The number of likely N-dealkylation sites (tertiary alicyclic amines) is 1. The Bertz CT molecular complexity index is 506. The van der Waals surface area contributed by atoms with Gasteiger partial charge in [0.1, 0.15) is 5.82 Å². The largest absolute Gasteiger partial charge is 0.346 e. The van der Waals surface area contributed by atoms with Crippen molar-refractivity contribution in [3.63, 3.8) is 0 Å². The van der Waals surface area contributed by atoms with Gasteiger partial charge in [-0.05, 0) is 31.5 Å². The van der Waals surface area contributed by atoms with Gasteiger partial charge in [0.05, 0.1) is 0 Å². The molecule has 0 bridgehead atoms. The van der Waals surface area contributed by atoms with Crippen molar-refractivity contribution in [2.75, 3.05) is 13.1 Å². The lowest BCUT2D eigenvalue weighted by atomic mass is 10.1. The van der Waals surface area contributed by atoms with Crippen LogP contribution in [0.15, 0.2) is 30.7 Å². The molecule has 2 aromatic rings. The van der Waals surface area contributed by atoms with Gasteiger partial charge in [0.25, 0.3) is 0 Å². The molecule has 0 amide bonds. The standard InChI is InChI=1S/C14H18N4/c1-11-7-16-14(17-11)13-4-6-18(10-13)9-12-3-2-5-15-8-12/h2-3,5,7-8,13H,4,6,9-10H2,1H3,(H,16,17). The quantitative estimate of drug-likeness (QED) is 0.896. The Balaban J connectivity index is 1.62. The number of aromatic nitrogens is 3. The van der Waals surface area contributed by atoms with Gasteiger partial charge in [-0.15, -0.1) is 0 Å². The van der Waals surface area contributed by atoms with E-state index in [9.17, 15) is 0 Å². The van der Waals surface area contributed by atoms with Crippen molar-refractivity contribution in [2.24, 2.45) is 0 Å². The summed E-state index contributed by atoms with van der Waals surface area (Å²) in [6, 6.07) is 4.14. The van der Waals surface area contributed by atoms with Crippen LogP contribution < -0.4 is 0 Å². The molecule has 1 aliphatic heterocycles. The van der Waals surface area contributed by atoms with E-state index in [-0.39, 0.29) is 0 Å². The summed E-state index contributed by atoms with van der Waals surface area (Å²) in [4.78, 5) is 14.4. The van der Waals surface area contributed by atoms with Crippen LogP contribution in [0.5, 0.6) is 0 Å². The second-order valence-electron chi connectivity index (χ2n) is 5.03. The molecule has 0 spiro atoms. The predicted octanol–water partition coefficient (Wildman–Crippen LogP) is 2.10. The summed E-state index contributed by atoms with van der Waals surface area (Å²) < 4.78 is 0. The van der Waals surface area contributed by atoms with E-state index in [1.807, 2.05) is 24.7 Å². The summed E-state index contributed by atoms with van der Waals surface area (Å²) >= 11 is 0. The van der Waals surface area contributed by atoms with Gasteiger partial charge < -0.3 is 4.98 Å². The summed E-state index contributed by atoms with van der Waals surface area (Å²) in [6.07, 6.45) is 6.87. The van der Waals surface area contributed by atoms with Crippen molar-refractivity contribution in [2.45, 2.75) is 25.8 Å². The molecule has 0 aliphatic carbocycles. The van der Waals surface area contributed by atoms with Crippen LogP contribution in [-0.4, -0.2) is 32.9 Å². The zero-order valence-corrected chi connectivity index (χ0v) is 10.6. The molecule has 1 fully saturated rings. The van der Waals surface area contributed by atoms with Crippen LogP contribution in [0, 0.1) is 6.92 Å². The molecule has 4 heteroatoms. The fraction of sp³-hybridized carbons (Fsp3) is 0.429. The molecule has 0 radical (unpaired) electrons. The zero-order valence-electron chi connectivity index (χ0n) is 10.6. The average Bonchev–Trinajstić information content (AvgIpc) is 2.99. The summed E-state index contributed by atoms with van der Waals surface area (Å²) in [5.41, 5.74) is 2.43. The molecule has 94 valence electrons. The smallest absolute Gasteiger partial charge is 0.110 e. The van der Waals surface area contributed by atoms with E-state index >= 15 is 0 Å². The fourth-order valence-electron chi connectivity index (χ4n) is 2.59. The lowest BCUT2D eigenvalue weighted by Gasteiger charge is -2.15. The first-order chi connectivity index (χ1) is 8.81. The van der Waals surface area contributed by atoms with Crippen LogP contribution >= 0.6 is 0 Å². The number of aromatic amines is 1. The van der Waals surface area contributed by atoms with Gasteiger partial charge in [-0.3, -0.25) is 9.88 Å². The molecule has 2 aromatic heterocycles. The number of hydrogen-bond acceptors (Lipinski definition) is 3. The summed E-state index contributed by atoms with van der Waals surface area (Å²) in [6.45, 7) is 5.27. The van der Waals surface area contributed by atoms with E-state index in [2.05, 4.69) is 32.8 Å². The van der Waals surface area contributed by atoms with E-state index in [1.165, 1.54) is 12.0 Å². The van der Waals surface area contributed by atoms with Crippen molar-refractivity contribution < 1.29 is 0 Å². The van der Waals surface area contributed by atoms with Crippen molar-refractivity contribution in [3.8, 4) is 0 Å². The second-order valence-corrected chi connectivity index (χ2v) is 5.03. The molecule has 18 heavy (non-hydrogen) atoms. The minimum absolute atomic E-state index is 0.551. The monoisotopic (exact) mass is 242 g/mol. The molecule has 0 aromatic carbocycles. The zero-order chi connectivity index (χ0) is 12.4. The molecule has 1 saturated heterocycles. The highest BCUT2D eigenvalue weighted by Crippen LogP contribution is 2.25. The average molecular weight is 242 g/mol. The molecule has 1 aliphatic rings. The van der Waals surface area contributed by atoms with Gasteiger partial charge in [0.2, 0.25) is 0 Å². The first-order valence-corrected chi connectivity index (χ1v) is 6.44. The highest BCUT2D eigenvalue weighted by molar-refractivity contribution is 5.10. The van der Waals surface area contributed by atoms with E-state index in [0.29, 0.717) is 5.92 Å². The summed E-state index contributed by atoms with van der Waals surface area (Å²) in [5.74, 6) is 1.69. The number of hydrogen-bond donors (Lipinski definition) is 1. The van der Waals surface area contributed by atoms with Crippen molar-refractivity contribution in [3.05, 3.63) is 47.8 Å². The molecule has 3 heterocycles. The Labute approximate surface area is 107 Å². The van der Waals surface area contributed by atoms with E-state index in [0.717, 1.165) is 31.2 Å². The Morgan fingerprint density at radius 2 is 2.39 bits per heavy atom. The van der Waals surface area contributed by atoms with Crippen molar-refractivity contribution in [1.82, 2.24) is 19.9 Å². The highest BCUT2D eigenvalue weighted by Gasteiger charge is 2.25. The molecule has 4 nitrogen and oxygen atoms in total. The fourth-order valence-corrected chi connectivity index (χ4v) is 2.59. The van der Waals surface area contributed by atoms with E-state index in [4.69, 9.17) is 0 Å². The van der Waals surface area contributed by atoms with Crippen molar-refractivity contribution >= 4 is 0 Å². The third-order valence-electron chi connectivity index (χ3n) is 3.51. The van der Waals surface area contributed by atoms with Crippen LogP contribution in [0.25, 0.3) is 0 Å². The molecule has 0 saturated carbocycles. The predicted molar refractivity (Wildman–Crippen MR) is 70.2 cm³/mol. The Morgan fingerprint density at radius 3 is 3.11 bits per heavy atom. The van der Waals surface area contributed by atoms with Crippen LogP contribution in [0.1, 0.15) is 29.4 Å². The number of rotatable bonds is 3. The maximum atomic E-state index is 4.44. The molecule has 1 unspecified atom stereocenters. The topological polar surface area (TPSA) is 44.8 Å². The maximum absolute atomic E-state index is 4.44. The molecular weight excluding hydrogens is 224 g/mol. The second kappa shape index (κ2) is 4.90. The van der Waals surface area contributed by atoms with Crippen LogP contribution in [0.3, 0.4) is 0 Å². The molecule has 1 atom stereocenters. The van der Waals surface area contributed by atoms with Gasteiger partial charge in [-0.1, -0.05) is 6.07 Å². The Hall–Kier alpha value is -1.68. The SMILES string of the molecule is Cc1cnc(C2CCN(Cc3cccnc3)C2)[nH]1. The minimum atomic E-state index is 0.551. The van der Waals surface area contributed by atoms with Gasteiger partial charge in [0, 0.05) is 43.3 Å². The summed E-state index contributed by atoms with van der Waals surface area (Å²) in [5, 5.41) is 0. The number of imidazole rings is 1. The van der Waals surface area contributed by atoms with Crippen LogP contribution in [0.2, 0.25) is 0 Å². The van der Waals surface area contributed by atoms with Gasteiger partial charge in [0.15, 0.2) is 0 Å². The van der Waals surface area contributed by atoms with E-state index in [1.54, 1.807) is 0 Å². The third kappa shape index (κ3) is 2.43. The van der Waals surface area contributed by atoms with Gasteiger partial charge >= 0.3 is 0 Å². The third-order valence-corrected chi connectivity index (χ3v) is 3.51. The number of H-pyrrole nitrogens is 1. The molecular formula is C14H18N4. The normalized spacial score (nSPS) is 20.4. The Kier molecular flexibility index (Phi) is 3.11. The molecule has 3 rings (SSSR count). The van der Waals surface area contributed by atoms with Crippen LogP contribution in [-0.2, 0) is 6.54 Å². The number of pyridine rings is 1. The minimum Gasteiger partial charge on any atom is -0.346 e. The first kappa shape index (κ1) is 11.4. The van der Waals surface area contributed by atoms with E-state index < -0.39 is 0 Å². The lowest BCUT2D eigenvalue weighted by molar-refractivity contribution is 0.325. The van der Waals surface area contributed by atoms with Gasteiger partial charge in [-0.2, -0.15) is 0 Å². The summed E-state index contributed by atoms with van der Waals surface area (Å²) in [7, 11) is 0. The number of nitrogens with zero attached hydrogens (tertiary/aromatic N) is 3. The maximum Gasteiger partial charge on any atom is 0.110 e. The van der Waals surface area contributed by atoms with Crippen LogP contribution in [0.4, 0.5) is 0 Å². The van der Waals surface area contributed by atoms with Crippen molar-refractivity contribution in [1.29, 1.82) is 0 Å².